The van der Waals surface area contributed by atoms with Crippen molar-refractivity contribution in [3.63, 3.8) is 0 Å². The molecule has 0 radical (unpaired) electrons. The minimum Gasteiger partial charge on any atom is -0.497 e. The lowest BCUT2D eigenvalue weighted by molar-refractivity contribution is 0.0956. The van der Waals surface area contributed by atoms with Crippen LogP contribution in [-0.4, -0.2) is 22.4 Å². The molecule has 8 heteroatoms. The van der Waals surface area contributed by atoms with Gasteiger partial charge in [-0.1, -0.05) is 35.1 Å². The summed E-state index contributed by atoms with van der Waals surface area (Å²) < 4.78 is 7.39. The van der Waals surface area contributed by atoms with E-state index in [1.165, 1.54) is 11.3 Å². The average molecular weight is 412 g/mol. The molecule has 2 N–H and O–H groups in total. The lowest BCUT2D eigenvalue weighted by Crippen LogP contribution is -2.23. The number of carbonyl (C=O) groups is 1. The maximum atomic E-state index is 12.8. The first-order valence-corrected chi connectivity index (χ1v) is 9.80. The topological polar surface area (TPSA) is 75.6 Å². The summed E-state index contributed by atoms with van der Waals surface area (Å²) >= 11 is 6.65. The first-order chi connectivity index (χ1) is 13.5. The monoisotopic (exact) mass is 411 g/mol. The number of aryl methyl sites for hydroxylation is 1. The fraction of sp³-hybridized carbons (Fsp3) is 0.150. The van der Waals surface area contributed by atoms with Crippen molar-refractivity contribution in [2.45, 2.75) is 13.5 Å². The van der Waals surface area contributed by atoms with Crippen molar-refractivity contribution < 1.29 is 9.53 Å². The zero-order valence-corrected chi connectivity index (χ0v) is 16.9. The maximum absolute atomic E-state index is 12.8. The summed E-state index contributed by atoms with van der Waals surface area (Å²) in [6, 6.07) is 13.0. The quantitative estimate of drug-likeness (QED) is 0.501. The van der Waals surface area contributed by atoms with Crippen LogP contribution in [-0.2, 0) is 6.54 Å². The van der Waals surface area contributed by atoms with E-state index >= 15 is 0 Å². The highest BCUT2D eigenvalue weighted by Gasteiger charge is 2.17. The first-order valence-electron chi connectivity index (χ1n) is 8.57. The molecule has 0 aliphatic carbocycles. The molecular formula is C20H17N3O3S2. The molecule has 4 rings (SSSR count). The molecule has 0 fully saturated rings. The third-order valence-corrected chi connectivity index (χ3v) is 5.87. The number of carbonyl (C=O) groups excluding carboxylic acids is 1. The smallest absolute Gasteiger partial charge is 0.265 e. The van der Waals surface area contributed by atoms with Crippen LogP contribution in [0.3, 0.4) is 0 Å². The predicted octanol–water partition coefficient (Wildman–Crippen LogP) is 3.82. The van der Waals surface area contributed by atoms with E-state index in [1.54, 1.807) is 11.5 Å². The van der Waals surface area contributed by atoms with Crippen LogP contribution in [0.4, 0.5) is 0 Å². The van der Waals surface area contributed by atoms with Crippen molar-refractivity contribution >= 4 is 46.0 Å². The molecule has 0 aliphatic heterocycles. The molecule has 4 aromatic rings. The Hall–Kier alpha value is -2.97. The van der Waals surface area contributed by atoms with E-state index in [4.69, 9.17) is 17.0 Å². The normalized spacial score (nSPS) is 11.1. The van der Waals surface area contributed by atoms with Gasteiger partial charge in [-0.2, -0.15) is 0 Å². The molecule has 0 aliphatic rings. The Balaban J connectivity index is 1.71. The fourth-order valence-electron chi connectivity index (χ4n) is 3.07. The lowest BCUT2D eigenvalue weighted by atomic mass is 10.1. The number of methoxy groups -OCH3 is 1. The Morgan fingerprint density at radius 2 is 2.00 bits per heavy atom. The molecule has 0 spiro atoms. The van der Waals surface area contributed by atoms with Crippen molar-refractivity contribution in [2.75, 3.05) is 7.11 Å². The molecule has 0 atom stereocenters. The maximum Gasteiger partial charge on any atom is 0.265 e. The number of aromatic amines is 1. The second kappa shape index (κ2) is 7.21. The van der Waals surface area contributed by atoms with Crippen LogP contribution < -0.4 is 15.6 Å². The number of nitrogens with one attached hydrogen (secondary N) is 2. The van der Waals surface area contributed by atoms with E-state index in [9.17, 15) is 9.59 Å². The van der Waals surface area contributed by atoms with Gasteiger partial charge in [-0.05, 0) is 49.0 Å². The number of thiazole rings is 1. The van der Waals surface area contributed by atoms with E-state index in [-0.39, 0.29) is 11.5 Å². The SMILES string of the molecule is COc1ccc(CNC(=O)c2sc(=S)n3c2[nH]c(=O)c2cc(C)ccc23)cc1. The highest BCUT2D eigenvalue weighted by atomic mass is 32.1. The Labute approximate surface area is 169 Å². The summed E-state index contributed by atoms with van der Waals surface area (Å²) in [6.07, 6.45) is 0. The van der Waals surface area contributed by atoms with E-state index in [0.29, 0.717) is 31.9 Å². The van der Waals surface area contributed by atoms with Crippen molar-refractivity contribution in [3.05, 3.63) is 72.8 Å². The number of benzene rings is 2. The van der Waals surface area contributed by atoms with Gasteiger partial charge in [0.15, 0.2) is 3.95 Å². The highest BCUT2D eigenvalue weighted by Crippen LogP contribution is 2.23. The summed E-state index contributed by atoms with van der Waals surface area (Å²) in [5.74, 6) is 0.475. The standard InChI is InChI=1S/C20H17N3O3S2/c1-11-3-8-15-14(9-11)18(24)22-17-16(28-20(27)23(15)17)19(25)21-10-12-4-6-13(26-2)7-5-12/h3-9H,10H2,1-2H3,(H,21,25)(H,22,24). The number of fused-ring (bicyclic) bond motifs is 3. The van der Waals surface area contributed by atoms with E-state index in [2.05, 4.69) is 10.3 Å². The van der Waals surface area contributed by atoms with Gasteiger partial charge in [-0.15, -0.1) is 0 Å². The number of nitrogens with zero attached hydrogens (tertiary/aromatic N) is 1. The zero-order valence-electron chi connectivity index (χ0n) is 15.2. The van der Waals surface area contributed by atoms with Crippen molar-refractivity contribution in [2.24, 2.45) is 0 Å². The van der Waals surface area contributed by atoms with Gasteiger partial charge < -0.3 is 15.0 Å². The van der Waals surface area contributed by atoms with Gasteiger partial charge in [0, 0.05) is 6.54 Å². The summed E-state index contributed by atoms with van der Waals surface area (Å²) in [4.78, 5) is 28.5. The molecule has 0 saturated heterocycles. The van der Waals surface area contributed by atoms with Gasteiger partial charge in [-0.3, -0.25) is 14.0 Å². The predicted molar refractivity (Wildman–Crippen MR) is 113 cm³/mol. The minimum absolute atomic E-state index is 0.240. The summed E-state index contributed by atoms with van der Waals surface area (Å²) in [5.41, 5.74) is 2.80. The molecule has 1 amide bonds. The molecule has 2 aromatic heterocycles. The van der Waals surface area contributed by atoms with Gasteiger partial charge in [-0.25, -0.2) is 0 Å². The molecule has 0 bridgehead atoms. The number of hydrogen-bond acceptors (Lipinski definition) is 5. The van der Waals surface area contributed by atoms with Gasteiger partial charge in [0.25, 0.3) is 11.5 Å². The van der Waals surface area contributed by atoms with Crippen LogP contribution in [0, 0.1) is 10.9 Å². The number of ether oxygens (including phenoxy) is 1. The number of hydrogen-bond donors (Lipinski definition) is 2. The van der Waals surface area contributed by atoms with Crippen LogP contribution >= 0.6 is 23.6 Å². The van der Waals surface area contributed by atoms with E-state index in [1.807, 2.05) is 49.4 Å². The van der Waals surface area contributed by atoms with Crippen molar-refractivity contribution in [1.29, 1.82) is 0 Å². The molecule has 28 heavy (non-hydrogen) atoms. The molecular weight excluding hydrogens is 394 g/mol. The van der Waals surface area contributed by atoms with Crippen LogP contribution in [0.2, 0.25) is 0 Å². The fourth-order valence-corrected chi connectivity index (χ4v) is 4.37. The Kier molecular flexibility index (Phi) is 4.74. The Morgan fingerprint density at radius 3 is 2.71 bits per heavy atom. The Bertz CT molecular complexity index is 1320. The second-order valence-electron chi connectivity index (χ2n) is 6.39. The summed E-state index contributed by atoms with van der Waals surface area (Å²) in [5, 5.41) is 3.43. The Morgan fingerprint density at radius 1 is 1.25 bits per heavy atom. The van der Waals surface area contributed by atoms with Crippen molar-refractivity contribution in [1.82, 2.24) is 14.7 Å². The summed E-state index contributed by atoms with van der Waals surface area (Å²) in [7, 11) is 1.61. The second-order valence-corrected chi connectivity index (χ2v) is 8.03. The third-order valence-electron chi connectivity index (χ3n) is 4.50. The molecule has 0 saturated carbocycles. The van der Waals surface area contributed by atoms with Gasteiger partial charge >= 0.3 is 0 Å². The van der Waals surface area contributed by atoms with Crippen molar-refractivity contribution in [3.8, 4) is 5.75 Å². The van der Waals surface area contributed by atoms with Gasteiger partial charge in [0.05, 0.1) is 18.0 Å². The largest absolute Gasteiger partial charge is 0.497 e. The van der Waals surface area contributed by atoms with Crippen LogP contribution in [0.15, 0.2) is 47.3 Å². The van der Waals surface area contributed by atoms with Gasteiger partial charge in [0.1, 0.15) is 16.3 Å². The van der Waals surface area contributed by atoms with Crippen LogP contribution in [0.25, 0.3) is 16.6 Å². The number of aromatic nitrogens is 2. The first kappa shape index (κ1) is 18.4. The van der Waals surface area contributed by atoms with Crippen LogP contribution in [0.5, 0.6) is 5.75 Å². The zero-order chi connectivity index (χ0) is 19.8. The number of amides is 1. The third kappa shape index (κ3) is 3.21. The average Bonchev–Trinajstić information content (AvgIpc) is 3.03. The van der Waals surface area contributed by atoms with Crippen LogP contribution in [0.1, 0.15) is 20.8 Å². The van der Waals surface area contributed by atoms with E-state index < -0.39 is 0 Å². The molecule has 6 nitrogen and oxygen atoms in total. The number of H-pyrrole nitrogens is 1. The molecule has 2 heterocycles. The summed E-state index contributed by atoms with van der Waals surface area (Å²) in [6.45, 7) is 2.28. The highest BCUT2D eigenvalue weighted by molar-refractivity contribution is 7.73. The molecule has 2 aromatic carbocycles. The molecule has 0 unspecified atom stereocenters. The van der Waals surface area contributed by atoms with Gasteiger partial charge in [0.2, 0.25) is 0 Å². The molecule has 142 valence electrons. The van der Waals surface area contributed by atoms with E-state index in [0.717, 1.165) is 16.9 Å². The minimum atomic E-state index is -0.281. The number of rotatable bonds is 4. The lowest BCUT2D eigenvalue weighted by Gasteiger charge is -2.06.